The minimum atomic E-state index is -3.25. The Hall–Kier alpha value is -0.320. The summed E-state index contributed by atoms with van der Waals surface area (Å²) in [6.45, 7) is 0.625. The van der Waals surface area contributed by atoms with Crippen molar-refractivity contribution < 1.29 is 13.6 Å². The van der Waals surface area contributed by atoms with Crippen LogP contribution in [0.2, 0.25) is 0 Å². The molecule has 1 saturated heterocycles. The number of carbonyl (C=O) groups excluding carboxylic acids is 1. The van der Waals surface area contributed by atoms with Crippen LogP contribution in [0.3, 0.4) is 0 Å². The molecule has 76 valence electrons. The van der Waals surface area contributed by atoms with Crippen LogP contribution in [0.4, 0.5) is 8.78 Å². The van der Waals surface area contributed by atoms with E-state index in [1.54, 1.807) is 11.8 Å². The Morgan fingerprint density at radius 2 is 2.00 bits per heavy atom. The zero-order valence-corrected chi connectivity index (χ0v) is 8.29. The summed E-state index contributed by atoms with van der Waals surface area (Å²) in [4.78, 5) is 10.9. The number of hydrogen-bond donors (Lipinski definition) is 1. The first-order valence-electron chi connectivity index (χ1n) is 4.26. The Bertz CT molecular complexity index is 187. The minimum absolute atomic E-state index is 0.0559. The molecule has 1 aliphatic rings. The van der Waals surface area contributed by atoms with Crippen LogP contribution in [0.25, 0.3) is 0 Å². The van der Waals surface area contributed by atoms with Gasteiger partial charge in [0.1, 0.15) is 0 Å². The molecule has 1 heterocycles. The third kappa shape index (κ3) is 3.50. The van der Waals surface area contributed by atoms with Crippen molar-refractivity contribution in [2.75, 3.05) is 11.5 Å². The first-order valence-corrected chi connectivity index (χ1v) is 5.42. The number of thioether (sulfide) groups is 1. The summed E-state index contributed by atoms with van der Waals surface area (Å²) >= 11 is 1.79. The molecule has 0 aliphatic carbocycles. The van der Waals surface area contributed by atoms with Crippen molar-refractivity contribution in [3.63, 3.8) is 0 Å². The maximum atomic E-state index is 12.5. The second-order valence-corrected chi connectivity index (χ2v) is 4.47. The summed E-state index contributed by atoms with van der Waals surface area (Å²) in [5.41, 5.74) is 0. The van der Waals surface area contributed by atoms with Crippen molar-refractivity contribution >= 4 is 17.7 Å². The third-order valence-electron chi connectivity index (χ3n) is 1.96. The van der Waals surface area contributed by atoms with Gasteiger partial charge in [-0.2, -0.15) is 20.5 Å². The molecule has 1 rings (SSSR count). The van der Waals surface area contributed by atoms with E-state index in [0.717, 1.165) is 24.3 Å². The van der Waals surface area contributed by atoms with E-state index in [2.05, 4.69) is 5.32 Å². The minimum Gasteiger partial charge on any atom is -0.348 e. The lowest BCUT2D eigenvalue weighted by Gasteiger charge is -2.23. The molecule has 0 aromatic rings. The summed E-state index contributed by atoms with van der Waals surface area (Å²) in [5.74, 6) is -2.50. The number of carbonyl (C=O) groups is 1. The van der Waals surface area contributed by atoms with Crippen molar-refractivity contribution in [2.45, 2.75) is 31.7 Å². The quantitative estimate of drug-likeness (QED) is 0.749. The summed E-state index contributed by atoms with van der Waals surface area (Å²) in [7, 11) is 0. The van der Waals surface area contributed by atoms with Gasteiger partial charge in [0.2, 0.25) is 0 Å². The number of alkyl halides is 2. The maximum Gasteiger partial charge on any atom is 0.321 e. The largest absolute Gasteiger partial charge is 0.348 e. The van der Waals surface area contributed by atoms with Crippen molar-refractivity contribution in [3.05, 3.63) is 0 Å². The average molecular weight is 209 g/mol. The van der Waals surface area contributed by atoms with Crippen LogP contribution in [0, 0.1) is 0 Å². The first-order chi connectivity index (χ1) is 6.00. The van der Waals surface area contributed by atoms with Crippen LogP contribution in [0.1, 0.15) is 19.8 Å². The number of amides is 1. The normalized spacial score (nSPS) is 19.9. The average Bonchev–Trinajstić information content (AvgIpc) is 2.04. The van der Waals surface area contributed by atoms with Gasteiger partial charge in [-0.25, -0.2) is 0 Å². The molecule has 0 bridgehead atoms. The fourth-order valence-electron chi connectivity index (χ4n) is 1.15. The lowest BCUT2D eigenvalue weighted by molar-refractivity contribution is -0.143. The molecule has 0 aromatic carbocycles. The van der Waals surface area contributed by atoms with Gasteiger partial charge in [0.05, 0.1) is 0 Å². The molecule has 0 aromatic heterocycles. The van der Waals surface area contributed by atoms with E-state index >= 15 is 0 Å². The van der Waals surface area contributed by atoms with Crippen LogP contribution in [-0.2, 0) is 4.79 Å². The van der Waals surface area contributed by atoms with Gasteiger partial charge >= 0.3 is 5.92 Å². The van der Waals surface area contributed by atoms with Crippen LogP contribution >= 0.6 is 11.8 Å². The van der Waals surface area contributed by atoms with Crippen molar-refractivity contribution in [1.29, 1.82) is 0 Å². The molecule has 0 saturated carbocycles. The zero-order chi connectivity index (χ0) is 9.90. The maximum absolute atomic E-state index is 12.5. The molecule has 1 amide bonds. The smallest absolute Gasteiger partial charge is 0.321 e. The van der Waals surface area contributed by atoms with Crippen LogP contribution in [0.5, 0.6) is 0 Å². The topological polar surface area (TPSA) is 29.1 Å². The second-order valence-electron chi connectivity index (χ2n) is 3.25. The van der Waals surface area contributed by atoms with Crippen molar-refractivity contribution in [3.8, 4) is 0 Å². The number of hydrogen-bond acceptors (Lipinski definition) is 2. The predicted octanol–water partition coefficient (Wildman–Crippen LogP) is 1.65. The summed E-state index contributed by atoms with van der Waals surface area (Å²) in [6.07, 6.45) is 1.60. The molecule has 13 heavy (non-hydrogen) atoms. The lowest BCUT2D eigenvalue weighted by Crippen LogP contribution is -2.45. The van der Waals surface area contributed by atoms with Gasteiger partial charge in [0.25, 0.3) is 5.91 Å². The lowest BCUT2D eigenvalue weighted by atomic mass is 10.1. The number of halogens is 2. The van der Waals surface area contributed by atoms with E-state index in [1.165, 1.54) is 0 Å². The third-order valence-corrected chi connectivity index (χ3v) is 3.00. The number of nitrogens with one attached hydrogen (secondary N) is 1. The van der Waals surface area contributed by atoms with Crippen LogP contribution < -0.4 is 5.32 Å². The van der Waals surface area contributed by atoms with Crippen molar-refractivity contribution in [2.24, 2.45) is 0 Å². The second kappa shape index (κ2) is 4.26. The molecule has 0 radical (unpaired) electrons. The molecule has 0 spiro atoms. The molecule has 5 heteroatoms. The molecular formula is C8H13F2NOS. The SMILES string of the molecule is CC(F)(F)C(=O)NC1CCSCC1. The van der Waals surface area contributed by atoms with E-state index < -0.39 is 11.8 Å². The molecule has 1 N–H and O–H groups in total. The monoisotopic (exact) mass is 209 g/mol. The molecule has 1 fully saturated rings. The highest BCUT2D eigenvalue weighted by atomic mass is 32.2. The van der Waals surface area contributed by atoms with Crippen molar-refractivity contribution in [1.82, 2.24) is 5.32 Å². The zero-order valence-electron chi connectivity index (χ0n) is 7.48. The molecule has 0 atom stereocenters. The Morgan fingerprint density at radius 1 is 1.46 bits per heavy atom. The Labute approximate surface area is 80.5 Å². The first kappa shape index (κ1) is 10.8. The highest BCUT2D eigenvalue weighted by Gasteiger charge is 2.33. The van der Waals surface area contributed by atoms with Gasteiger partial charge in [-0.1, -0.05) is 0 Å². The molecule has 0 unspecified atom stereocenters. The van der Waals surface area contributed by atoms with E-state index in [9.17, 15) is 13.6 Å². The number of rotatable bonds is 2. The fraction of sp³-hybridized carbons (Fsp3) is 0.875. The Kier molecular flexibility index (Phi) is 3.53. The van der Waals surface area contributed by atoms with Gasteiger partial charge in [0.15, 0.2) is 0 Å². The van der Waals surface area contributed by atoms with Gasteiger partial charge in [-0.05, 0) is 24.3 Å². The Balaban J connectivity index is 2.35. The van der Waals surface area contributed by atoms with E-state index in [1.807, 2.05) is 0 Å². The molecule has 1 aliphatic heterocycles. The van der Waals surface area contributed by atoms with E-state index in [-0.39, 0.29) is 6.04 Å². The van der Waals surface area contributed by atoms with Gasteiger partial charge in [0, 0.05) is 13.0 Å². The summed E-state index contributed by atoms with van der Waals surface area (Å²) in [6, 6.07) is -0.0559. The predicted molar refractivity (Wildman–Crippen MR) is 49.1 cm³/mol. The summed E-state index contributed by atoms with van der Waals surface area (Å²) in [5, 5.41) is 2.36. The highest BCUT2D eigenvalue weighted by Crippen LogP contribution is 2.18. The van der Waals surface area contributed by atoms with Crippen LogP contribution in [0.15, 0.2) is 0 Å². The Morgan fingerprint density at radius 3 is 2.46 bits per heavy atom. The molecule has 2 nitrogen and oxygen atoms in total. The van der Waals surface area contributed by atoms with Crippen LogP contribution in [-0.4, -0.2) is 29.4 Å². The highest BCUT2D eigenvalue weighted by molar-refractivity contribution is 7.99. The van der Waals surface area contributed by atoms with Gasteiger partial charge in [-0.15, -0.1) is 0 Å². The molecular weight excluding hydrogens is 196 g/mol. The standard InChI is InChI=1S/C8H13F2NOS/c1-8(9,10)7(12)11-6-2-4-13-5-3-6/h6H,2-5H2,1H3,(H,11,12). The summed E-state index contributed by atoms with van der Waals surface area (Å²) < 4.78 is 24.9. The van der Waals surface area contributed by atoms with Gasteiger partial charge in [-0.3, -0.25) is 4.79 Å². The van der Waals surface area contributed by atoms with E-state index in [0.29, 0.717) is 6.92 Å². The fourth-order valence-corrected chi connectivity index (χ4v) is 2.26. The van der Waals surface area contributed by atoms with E-state index in [4.69, 9.17) is 0 Å². The van der Waals surface area contributed by atoms with Gasteiger partial charge < -0.3 is 5.32 Å².